The number of methoxy groups -OCH3 is 2. The van der Waals surface area contributed by atoms with E-state index in [0.717, 1.165) is 5.56 Å². The van der Waals surface area contributed by atoms with Crippen molar-refractivity contribution in [3.63, 3.8) is 0 Å². The SMILES string of the molecule is COC(=O)/C(=C\[C@H](OCc1ccccc1)[C@@H](NC(C)=O)[C@@H]1COC(C)(C)O1)OC. The topological polar surface area (TPSA) is 92.3 Å². The zero-order chi connectivity index (χ0) is 21.4. The summed E-state index contributed by atoms with van der Waals surface area (Å²) in [4.78, 5) is 23.9. The molecule has 8 nitrogen and oxygen atoms in total. The fourth-order valence-corrected chi connectivity index (χ4v) is 3.01. The van der Waals surface area contributed by atoms with E-state index >= 15 is 0 Å². The lowest BCUT2D eigenvalue weighted by atomic mass is 10.0. The van der Waals surface area contributed by atoms with Gasteiger partial charge in [-0.2, -0.15) is 0 Å². The van der Waals surface area contributed by atoms with E-state index in [9.17, 15) is 9.59 Å². The highest BCUT2D eigenvalue weighted by Crippen LogP contribution is 2.27. The normalized spacial score (nSPS) is 20.6. The fourth-order valence-electron chi connectivity index (χ4n) is 3.01. The number of esters is 1. The molecule has 1 amide bonds. The molecule has 0 radical (unpaired) electrons. The first-order chi connectivity index (χ1) is 13.8. The lowest BCUT2D eigenvalue weighted by Crippen LogP contribution is -2.52. The Hall–Kier alpha value is -2.42. The first-order valence-electron chi connectivity index (χ1n) is 9.34. The van der Waals surface area contributed by atoms with Gasteiger partial charge in [0.15, 0.2) is 5.79 Å². The summed E-state index contributed by atoms with van der Waals surface area (Å²) >= 11 is 0. The maximum Gasteiger partial charge on any atom is 0.373 e. The maximum atomic E-state index is 12.0. The van der Waals surface area contributed by atoms with E-state index in [1.165, 1.54) is 27.2 Å². The van der Waals surface area contributed by atoms with Crippen LogP contribution in [0, 0.1) is 0 Å². The summed E-state index contributed by atoms with van der Waals surface area (Å²) in [6, 6.07) is 8.94. The number of carbonyl (C=O) groups is 2. The van der Waals surface area contributed by atoms with Crippen LogP contribution in [0.15, 0.2) is 42.2 Å². The third-order valence-electron chi connectivity index (χ3n) is 4.36. The molecule has 0 unspecified atom stereocenters. The third-order valence-corrected chi connectivity index (χ3v) is 4.36. The molecular weight excluding hydrogens is 378 g/mol. The highest BCUT2D eigenvalue weighted by atomic mass is 16.7. The van der Waals surface area contributed by atoms with E-state index in [4.69, 9.17) is 23.7 Å². The number of carbonyl (C=O) groups excluding carboxylic acids is 2. The average molecular weight is 407 g/mol. The number of hydrogen-bond acceptors (Lipinski definition) is 7. The monoisotopic (exact) mass is 407 g/mol. The quantitative estimate of drug-likeness (QED) is 0.380. The van der Waals surface area contributed by atoms with Crippen molar-refractivity contribution in [2.45, 2.75) is 51.4 Å². The van der Waals surface area contributed by atoms with E-state index in [-0.39, 0.29) is 24.9 Å². The Morgan fingerprint density at radius 1 is 1.24 bits per heavy atom. The molecular formula is C21H29NO7. The van der Waals surface area contributed by atoms with Crippen LogP contribution in [0.2, 0.25) is 0 Å². The van der Waals surface area contributed by atoms with Crippen LogP contribution in [0.1, 0.15) is 26.3 Å². The number of nitrogens with one attached hydrogen (secondary N) is 1. The van der Waals surface area contributed by atoms with Crippen molar-refractivity contribution in [2.75, 3.05) is 20.8 Å². The fraction of sp³-hybridized carbons (Fsp3) is 0.524. The zero-order valence-corrected chi connectivity index (χ0v) is 17.5. The summed E-state index contributed by atoms with van der Waals surface area (Å²) in [5, 5.41) is 2.86. The second-order valence-corrected chi connectivity index (χ2v) is 7.08. The Bertz CT molecular complexity index is 717. The predicted molar refractivity (Wildman–Crippen MR) is 105 cm³/mol. The minimum atomic E-state index is -0.790. The number of rotatable bonds is 9. The molecule has 1 fully saturated rings. The Morgan fingerprint density at radius 2 is 1.93 bits per heavy atom. The molecule has 1 aliphatic heterocycles. The summed E-state index contributed by atoms with van der Waals surface area (Å²) in [6.07, 6.45) is 0.265. The van der Waals surface area contributed by atoms with Crippen molar-refractivity contribution in [3.8, 4) is 0 Å². The highest BCUT2D eigenvalue weighted by Gasteiger charge is 2.41. The van der Waals surface area contributed by atoms with Crippen LogP contribution in [0.25, 0.3) is 0 Å². The Morgan fingerprint density at radius 3 is 2.45 bits per heavy atom. The van der Waals surface area contributed by atoms with Gasteiger partial charge in [-0.3, -0.25) is 4.79 Å². The molecule has 1 heterocycles. The largest absolute Gasteiger partial charge is 0.490 e. The van der Waals surface area contributed by atoms with Crippen LogP contribution in [-0.2, 0) is 39.9 Å². The minimum absolute atomic E-state index is 0.0286. The van der Waals surface area contributed by atoms with Crippen LogP contribution >= 0.6 is 0 Å². The van der Waals surface area contributed by atoms with Crippen LogP contribution in [0.3, 0.4) is 0 Å². The standard InChI is InChI=1S/C21H29NO7/c1-14(23)22-19(18-13-28-21(2,3)29-18)16(11-17(25-4)20(24)26-5)27-12-15-9-7-6-8-10-15/h6-11,16,18-19H,12-13H2,1-5H3,(H,22,23)/b17-11+/t16-,18-,19+/m0/s1. The summed E-state index contributed by atoms with van der Waals surface area (Å²) in [5.74, 6) is -1.73. The summed E-state index contributed by atoms with van der Waals surface area (Å²) in [5.41, 5.74) is 0.938. The van der Waals surface area contributed by atoms with Crippen molar-refractivity contribution in [1.82, 2.24) is 5.32 Å². The van der Waals surface area contributed by atoms with Gasteiger partial charge in [-0.1, -0.05) is 30.3 Å². The summed E-state index contributed by atoms with van der Waals surface area (Å²) < 4.78 is 27.6. The summed E-state index contributed by atoms with van der Waals surface area (Å²) in [6.45, 7) is 5.51. The van der Waals surface area contributed by atoms with Crippen molar-refractivity contribution in [2.24, 2.45) is 0 Å². The Labute approximate surface area is 171 Å². The molecule has 1 aliphatic rings. The second kappa shape index (κ2) is 10.4. The lowest BCUT2D eigenvalue weighted by molar-refractivity contribution is -0.149. The third kappa shape index (κ3) is 6.85. The smallest absolute Gasteiger partial charge is 0.373 e. The molecule has 1 aromatic carbocycles. The van der Waals surface area contributed by atoms with Crippen LogP contribution in [0.5, 0.6) is 0 Å². The molecule has 0 saturated carbocycles. The molecule has 0 aromatic heterocycles. The molecule has 3 atom stereocenters. The second-order valence-electron chi connectivity index (χ2n) is 7.08. The van der Waals surface area contributed by atoms with Crippen LogP contribution in [0.4, 0.5) is 0 Å². The van der Waals surface area contributed by atoms with Crippen molar-refractivity contribution in [1.29, 1.82) is 0 Å². The number of amides is 1. The van der Waals surface area contributed by atoms with Crippen molar-refractivity contribution in [3.05, 3.63) is 47.7 Å². The van der Waals surface area contributed by atoms with E-state index < -0.39 is 30.0 Å². The van der Waals surface area contributed by atoms with E-state index in [0.29, 0.717) is 0 Å². The van der Waals surface area contributed by atoms with Gasteiger partial charge < -0.3 is 29.0 Å². The highest BCUT2D eigenvalue weighted by molar-refractivity contribution is 5.86. The lowest BCUT2D eigenvalue weighted by Gasteiger charge is -2.30. The molecule has 1 saturated heterocycles. The molecule has 0 spiro atoms. The molecule has 160 valence electrons. The predicted octanol–water partition coefficient (Wildman–Crippen LogP) is 1.93. The van der Waals surface area contributed by atoms with Gasteiger partial charge in [0, 0.05) is 6.92 Å². The van der Waals surface area contributed by atoms with Crippen molar-refractivity contribution >= 4 is 11.9 Å². The van der Waals surface area contributed by atoms with Gasteiger partial charge in [0.2, 0.25) is 11.7 Å². The van der Waals surface area contributed by atoms with E-state index in [1.54, 1.807) is 13.8 Å². The Kier molecular flexibility index (Phi) is 8.19. The first-order valence-corrected chi connectivity index (χ1v) is 9.34. The van der Waals surface area contributed by atoms with Gasteiger partial charge in [-0.15, -0.1) is 0 Å². The van der Waals surface area contributed by atoms with Gasteiger partial charge in [0.1, 0.15) is 12.2 Å². The molecule has 2 rings (SSSR count). The molecule has 1 aromatic rings. The average Bonchev–Trinajstić information content (AvgIpc) is 3.06. The minimum Gasteiger partial charge on any atom is -0.490 e. The number of ether oxygens (including phenoxy) is 5. The van der Waals surface area contributed by atoms with Gasteiger partial charge in [0.05, 0.1) is 33.5 Å². The van der Waals surface area contributed by atoms with Gasteiger partial charge in [-0.25, -0.2) is 4.79 Å². The number of benzene rings is 1. The van der Waals surface area contributed by atoms with Crippen molar-refractivity contribution < 1.29 is 33.3 Å². The summed E-state index contributed by atoms with van der Waals surface area (Å²) in [7, 11) is 2.62. The Balaban J connectivity index is 2.33. The number of hydrogen-bond donors (Lipinski definition) is 1. The van der Waals surface area contributed by atoms with E-state index in [1.807, 2.05) is 30.3 Å². The van der Waals surface area contributed by atoms with Crippen LogP contribution < -0.4 is 5.32 Å². The van der Waals surface area contributed by atoms with E-state index in [2.05, 4.69) is 5.32 Å². The molecule has 0 aliphatic carbocycles. The first kappa shape index (κ1) is 22.9. The van der Waals surface area contributed by atoms with Crippen LogP contribution in [-0.4, -0.2) is 56.7 Å². The van der Waals surface area contributed by atoms with Gasteiger partial charge in [0.25, 0.3) is 0 Å². The zero-order valence-electron chi connectivity index (χ0n) is 17.5. The molecule has 0 bridgehead atoms. The van der Waals surface area contributed by atoms with Gasteiger partial charge >= 0.3 is 5.97 Å². The molecule has 29 heavy (non-hydrogen) atoms. The van der Waals surface area contributed by atoms with Gasteiger partial charge in [-0.05, 0) is 25.5 Å². The maximum absolute atomic E-state index is 12.0. The molecule has 8 heteroatoms. The molecule has 1 N–H and O–H groups in total.